The number of benzene rings is 1. The van der Waals surface area contributed by atoms with Crippen LogP contribution in [0.25, 0.3) is 0 Å². The van der Waals surface area contributed by atoms with Gasteiger partial charge in [-0.3, -0.25) is 10.0 Å². The highest BCUT2D eigenvalue weighted by Crippen LogP contribution is 2.17. The summed E-state index contributed by atoms with van der Waals surface area (Å²) in [4.78, 5) is 11.5. The van der Waals surface area contributed by atoms with E-state index in [9.17, 15) is 10.0 Å². The maximum atomic E-state index is 11.5. The Morgan fingerprint density at radius 1 is 1.50 bits per heavy atom. The minimum atomic E-state index is -0.618. The lowest BCUT2D eigenvalue weighted by Gasteiger charge is -2.18. The summed E-state index contributed by atoms with van der Waals surface area (Å²) >= 11 is 5.89. The number of amides is 1. The molecule has 1 aromatic rings. The Hall–Kier alpha value is -1.10. The first kappa shape index (κ1) is 13.0. The number of carbonyl (C=O) groups excluding carboxylic acids is 1. The normalized spacial score (nSPS) is 12.2. The van der Waals surface area contributed by atoms with Crippen molar-refractivity contribution in [3.63, 3.8) is 0 Å². The van der Waals surface area contributed by atoms with Crippen molar-refractivity contribution in [1.29, 1.82) is 0 Å². The number of hydrogen-bond donors (Lipinski definition) is 2. The fraction of sp³-hybridized carbons (Fsp3) is 0.364. The molecular weight excluding hydrogens is 230 g/mol. The number of carbonyl (C=O) groups is 1. The van der Waals surface area contributed by atoms with Crippen LogP contribution in [-0.2, 0) is 11.3 Å². The number of hydrogen-bond acceptors (Lipinski definition) is 3. The fourth-order valence-electron chi connectivity index (χ4n) is 1.20. The van der Waals surface area contributed by atoms with Crippen LogP contribution in [0.1, 0.15) is 12.5 Å². The van der Waals surface area contributed by atoms with Gasteiger partial charge in [0.25, 0.3) is 5.91 Å². The lowest BCUT2D eigenvalue weighted by Crippen LogP contribution is -2.33. The molecule has 0 aromatic heterocycles. The van der Waals surface area contributed by atoms with Gasteiger partial charge in [0.15, 0.2) is 0 Å². The second-order valence-corrected chi connectivity index (χ2v) is 3.98. The maximum absolute atomic E-state index is 11.5. The van der Waals surface area contributed by atoms with E-state index in [1.807, 2.05) is 0 Å². The smallest absolute Gasteiger partial charge is 0.251 e. The molecule has 2 N–H and O–H groups in total. The van der Waals surface area contributed by atoms with Crippen molar-refractivity contribution in [3.8, 4) is 0 Å². The molecule has 0 saturated heterocycles. The van der Waals surface area contributed by atoms with Gasteiger partial charge < -0.3 is 5.11 Å². The Kier molecular flexibility index (Phi) is 4.73. The molecule has 0 fully saturated rings. The van der Waals surface area contributed by atoms with E-state index in [1.54, 1.807) is 24.3 Å². The lowest BCUT2D eigenvalue weighted by atomic mass is 10.1. The molecule has 0 aliphatic heterocycles. The number of halogens is 1. The average molecular weight is 244 g/mol. The van der Waals surface area contributed by atoms with Crippen LogP contribution in [0.15, 0.2) is 24.3 Å². The Morgan fingerprint density at radius 3 is 2.69 bits per heavy atom. The van der Waals surface area contributed by atoms with Gasteiger partial charge in [0, 0.05) is 5.02 Å². The van der Waals surface area contributed by atoms with Crippen molar-refractivity contribution in [2.45, 2.75) is 13.5 Å². The van der Waals surface area contributed by atoms with Gasteiger partial charge in [-0.05, 0) is 11.6 Å². The summed E-state index contributed by atoms with van der Waals surface area (Å²) in [6, 6.07) is 6.95. The van der Waals surface area contributed by atoms with E-state index in [0.29, 0.717) is 15.6 Å². The van der Waals surface area contributed by atoms with Gasteiger partial charge in [-0.15, -0.1) is 0 Å². The largest absolute Gasteiger partial charge is 0.396 e. The third-order valence-electron chi connectivity index (χ3n) is 2.23. The zero-order chi connectivity index (χ0) is 12.1. The molecule has 1 atom stereocenters. The first-order chi connectivity index (χ1) is 7.56. The molecule has 1 amide bonds. The standard InChI is InChI=1S/C11H14ClNO3/c1-8(7-14)11(15)13(16)6-9-4-2-3-5-10(9)12/h2-5,8,14,16H,6-7H2,1H3. The molecule has 0 radical (unpaired) electrons. The molecule has 0 aliphatic carbocycles. The van der Waals surface area contributed by atoms with Crippen LogP contribution in [-0.4, -0.2) is 27.9 Å². The number of nitrogens with zero attached hydrogens (tertiary/aromatic N) is 1. The van der Waals surface area contributed by atoms with Crippen molar-refractivity contribution in [2.75, 3.05) is 6.61 Å². The van der Waals surface area contributed by atoms with E-state index >= 15 is 0 Å². The Morgan fingerprint density at radius 2 is 2.12 bits per heavy atom. The molecule has 5 heteroatoms. The minimum absolute atomic E-state index is 0.0167. The predicted molar refractivity (Wildman–Crippen MR) is 60.0 cm³/mol. The molecule has 1 aromatic carbocycles. The summed E-state index contributed by atoms with van der Waals surface area (Å²) in [7, 11) is 0. The monoisotopic (exact) mass is 243 g/mol. The highest BCUT2D eigenvalue weighted by Gasteiger charge is 2.18. The first-order valence-electron chi connectivity index (χ1n) is 4.90. The van der Waals surface area contributed by atoms with Crippen molar-refractivity contribution in [1.82, 2.24) is 5.06 Å². The van der Waals surface area contributed by atoms with E-state index in [0.717, 1.165) is 0 Å². The van der Waals surface area contributed by atoms with Crippen LogP contribution in [0.5, 0.6) is 0 Å². The fourth-order valence-corrected chi connectivity index (χ4v) is 1.39. The van der Waals surface area contributed by atoms with E-state index in [4.69, 9.17) is 16.7 Å². The molecule has 16 heavy (non-hydrogen) atoms. The quantitative estimate of drug-likeness (QED) is 0.625. The van der Waals surface area contributed by atoms with Crippen LogP contribution in [0.3, 0.4) is 0 Å². The minimum Gasteiger partial charge on any atom is -0.396 e. The van der Waals surface area contributed by atoms with Crippen LogP contribution < -0.4 is 0 Å². The van der Waals surface area contributed by atoms with Crippen molar-refractivity contribution >= 4 is 17.5 Å². The summed E-state index contributed by atoms with van der Waals surface area (Å²) < 4.78 is 0. The van der Waals surface area contributed by atoms with Crippen LogP contribution in [0, 0.1) is 5.92 Å². The van der Waals surface area contributed by atoms with E-state index < -0.39 is 11.8 Å². The number of aliphatic hydroxyl groups excluding tert-OH is 1. The zero-order valence-electron chi connectivity index (χ0n) is 8.93. The highest BCUT2D eigenvalue weighted by atomic mass is 35.5. The third kappa shape index (κ3) is 3.20. The van der Waals surface area contributed by atoms with E-state index in [1.165, 1.54) is 6.92 Å². The van der Waals surface area contributed by atoms with Crippen LogP contribution >= 0.6 is 11.6 Å². The van der Waals surface area contributed by atoms with Gasteiger partial charge in [-0.25, -0.2) is 5.06 Å². The SMILES string of the molecule is CC(CO)C(=O)N(O)Cc1ccccc1Cl. The Bertz CT molecular complexity index is 370. The molecule has 1 unspecified atom stereocenters. The average Bonchev–Trinajstić information content (AvgIpc) is 2.30. The van der Waals surface area contributed by atoms with Gasteiger partial charge >= 0.3 is 0 Å². The topological polar surface area (TPSA) is 60.8 Å². The van der Waals surface area contributed by atoms with Crippen molar-refractivity contribution in [3.05, 3.63) is 34.9 Å². The molecule has 0 spiro atoms. The van der Waals surface area contributed by atoms with Gasteiger partial charge in [-0.2, -0.15) is 0 Å². The molecular formula is C11H14ClNO3. The predicted octanol–water partition coefficient (Wildman–Crippen LogP) is 1.69. The van der Waals surface area contributed by atoms with E-state index in [-0.39, 0.29) is 13.2 Å². The lowest BCUT2D eigenvalue weighted by molar-refractivity contribution is -0.173. The van der Waals surface area contributed by atoms with Crippen LogP contribution in [0.2, 0.25) is 5.02 Å². The summed E-state index contributed by atoms with van der Waals surface area (Å²) in [5.41, 5.74) is 0.658. The molecule has 88 valence electrons. The Balaban J connectivity index is 2.68. The number of aliphatic hydroxyl groups is 1. The number of rotatable bonds is 4. The second-order valence-electron chi connectivity index (χ2n) is 3.57. The molecule has 0 bridgehead atoms. The summed E-state index contributed by atoms with van der Waals surface area (Å²) in [5, 5.41) is 19.4. The third-order valence-corrected chi connectivity index (χ3v) is 2.60. The first-order valence-corrected chi connectivity index (χ1v) is 5.28. The van der Waals surface area contributed by atoms with E-state index in [2.05, 4.69) is 0 Å². The van der Waals surface area contributed by atoms with Gasteiger partial charge in [-0.1, -0.05) is 36.7 Å². The van der Waals surface area contributed by atoms with Gasteiger partial charge in [0.2, 0.25) is 0 Å². The maximum Gasteiger partial charge on any atom is 0.251 e. The summed E-state index contributed by atoms with van der Waals surface area (Å²) in [5.74, 6) is -1.14. The number of hydroxylamine groups is 2. The Labute approximate surface area is 99.0 Å². The zero-order valence-corrected chi connectivity index (χ0v) is 9.68. The van der Waals surface area contributed by atoms with Gasteiger partial charge in [0.05, 0.1) is 19.1 Å². The second kappa shape index (κ2) is 5.84. The van der Waals surface area contributed by atoms with Gasteiger partial charge in [0.1, 0.15) is 0 Å². The van der Waals surface area contributed by atoms with Crippen molar-refractivity contribution < 1.29 is 15.1 Å². The molecule has 0 saturated carbocycles. The van der Waals surface area contributed by atoms with Crippen molar-refractivity contribution in [2.24, 2.45) is 5.92 Å². The summed E-state index contributed by atoms with van der Waals surface area (Å²) in [6.45, 7) is 1.26. The highest BCUT2D eigenvalue weighted by molar-refractivity contribution is 6.31. The van der Waals surface area contributed by atoms with Crippen LogP contribution in [0.4, 0.5) is 0 Å². The summed E-state index contributed by atoms with van der Waals surface area (Å²) in [6.07, 6.45) is 0. The molecule has 4 nitrogen and oxygen atoms in total. The molecule has 1 rings (SSSR count). The molecule has 0 heterocycles. The molecule has 0 aliphatic rings.